The molecule has 1 atom stereocenters. The highest BCUT2D eigenvalue weighted by atomic mass is 16.4. The van der Waals surface area contributed by atoms with Crippen molar-refractivity contribution in [2.45, 2.75) is 51.0 Å². The smallest absolute Gasteiger partial charge is 0.325 e. The summed E-state index contributed by atoms with van der Waals surface area (Å²) in [7, 11) is 0. The van der Waals surface area contributed by atoms with Crippen LogP contribution in [0.15, 0.2) is 0 Å². The van der Waals surface area contributed by atoms with Crippen LogP contribution in [-0.2, 0) is 9.59 Å². The molecule has 5 heteroatoms. The molecule has 3 N–H and O–H groups in total. The molecule has 1 saturated carbocycles. The first-order valence-corrected chi connectivity index (χ1v) is 6.69. The van der Waals surface area contributed by atoms with E-state index in [1.807, 2.05) is 6.92 Å². The number of hydrogen-bond acceptors (Lipinski definition) is 3. The Hall–Kier alpha value is -1.10. The second kappa shape index (κ2) is 4.53. The van der Waals surface area contributed by atoms with Crippen molar-refractivity contribution < 1.29 is 14.7 Å². The first-order chi connectivity index (χ1) is 8.37. The van der Waals surface area contributed by atoms with Gasteiger partial charge in [-0.2, -0.15) is 0 Å². The van der Waals surface area contributed by atoms with Crippen molar-refractivity contribution in [1.82, 2.24) is 4.90 Å². The Morgan fingerprint density at radius 3 is 2.28 bits per heavy atom. The molecule has 1 unspecified atom stereocenters. The van der Waals surface area contributed by atoms with Crippen LogP contribution in [0, 0.1) is 5.41 Å². The average Bonchev–Trinajstić information content (AvgIpc) is 2.73. The molecule has 2 rings (SSSR count). The summed E-state index contributed by atoms with van der Waals surface area (Å²) in [5.74, 6) is -0.914. The molecule has 2 aliphatic rings. The molecular weight excluding hydrogens is 232 g/mol. The largest absolute Gasteiger partial charge is 0.480 e. The summed E-state index contributed by atoms with van der Waals surface area (Å²) in [4.78, 5) is 25.2. The summed E-state index contributed by atoms with van der Waals surface area (Å²) >= 11 is 0. The molecule has 1 amide bonds. The molecule has 0 aromatic carbocycles. The van der Waals surface area contributed by atoms with Gasteiger partial charge in [0.1, 0.15) is 5.54 Å². The van der Waals surface area contributed by atoms with Gasteiger partial charge in [0, 0.05) is 18.5 Å². The van der Waals surface area contributed by atoms with E-state index in [1.54, 1.807) is 4.90 Å². The fourth-order valence-electron chi connectivity index (χ4n) is 3.11. The van der Waals surface area contributed by atoms with E-state index in [-0.39, 0.29) is 17.9 Å². The molecule has 1 aliphatic carbocycles. The van der Waals surface area contributed by atoms with Crippen LogP contribution in [0.25, 0.3) is 0 Å². The minimum Gasteiger partial charge on any atom is -0.480 e. The van der Waals surface area contributed by atoms with Crippen LogP contribution in [-0.4, -0.2) is 40.5 Å². The number of carbonyl (C=O) groups is 2. The number of nitrogens with zero attached hydrogens (tertiary/aromatic N) is 1. The molecule has 1 heterocycles. The van der Waals surface area contributed by atoms with Crippen molar-refractivity contribution in [2.75, 3.05) is 13.1 Å². The van der Waals surface area contributed by atoms with Gasteiger partial charge >= 0.3 is 5.97 Å². The van der Waals surface area contributed by atoms with Crippen LogP contribution >= 0.6 is 0 Å². The topological polar surface area (TPSA) is 83.6 Å². The van der Waals surface area contributed by atoms with Gasteiger partial charge in [0.05, 0.1) is 0 Å². The fourth-order valence-corrected chi connectivity index (χ4v) is 3.11. The number of carbonyl (C=O) groups excluding carboxylic acids is 1. The molecule has 1 saturated heterocycles. The van der Waals surface area contributed by atoms with Crippen LogP contribution in [0.1, 0.15) is 45.4 Å². The number of amides is 1. The number of nitrogens with two attached hydrogens (primary N) is 1. The second-order valence-electron chi connectivity index (χ2n) is 6.06. The molecule has 5 nitrogen and oxygen atoms in total. The van der Waals surface area contributed by atoms with E-state index in [0.29, 0.717) is 13.0 Å². The monoisotopic (exact) mass is 254 g/mol. The highest BCUT2D eigenvalue weighted by Gasteiger charge is 2.46. The molecule has 1 aliphatic heterocycles. The summed E-state index contributed by atoms with van der Waals surface area (Å²) < 4.78 is 0. The van der Waals surface area contributed by atoms with Crippen LogP contribution < -0.4 is 5.73 Å². The van der Waals surface area contributed by atoms with Crippen LogP contribution in [0.4, 0.5) is 0 Å². The van der Waals surface area contributed by atoms with E-state index >= 15 is 0 Å². The summed E-state index contributed by atoms with van der Waals surface area (Å²) in [6.07, 6.45) is 5.54. The highest BCUT2D eigenvalue weighted by Crippen LogP contribution is 2.38. The lowest BCUT2D eigenvalue weighted by Gasteiger charge is -2.35. The first-order valence-electron chi connectivity index (χ1n) is 6.69. The lowest BCUT2D eigenvalue weighted by atomic mass is 9.74. The normalized spacial score (nSPS) is 31.3. The molecule has 2 fully saturated rings. The van der Waals surface area contributed by atoms with Crippen molar-refractivity contribution in [3.05, 3.63) is 0 Å². The number of likely N-dealkylation sites (tertiary alicyclic amines) is 1. The summed E-state index contributed by atoms with van der Waals surface area (Å²) in [6.45, 7) is 2.62. The quantitative estimate of drug-likeness (QED) is 0.769. The van der Waals surface area contributed by atoms with Gasteiger partial charge in [-0.25, -0.2) is 0 Å². The molecule has 0 radical (unpaired) electrons. The zero-order chi connectivity index (χ0) is 13.4. The van der Waals surface area contributed by atoms with Crippen LogP contribution in [0.2, 0.25) is 0 Å². The third-order valence-corrected chi connectivity index (χ3v) is 4.49. The van der Waals surface area contributed by atoms with Crippen molar-refractivity contribution in [2.24, 2.45) is 11.1 Å². The Balaban J connectivity index is 2.05. The van der Waals surface area contributed by atoms with Crippen molar-refractivity contribution in [3.8, 4) is 0 Å². The van der Waals surface area contributed by atoms with E-state index in [4.69, 9.17) is 10.8 Å². The third-order valence-electron chi connectivity index (χ3n) is 4.49. The Kier molecular flexibility index (Phi) is 3.36. The van der Waals surface area contributed by atoms with Gasteiger partial charge in [-0.1, -0.05) is 26.2 Å². The zero-order valence-electron chi connectivity index (χ0n) is 10.9. The number of rotatable bonds is 2. The standard InChI is InChI=1S/C13H22N2O3/c1-12(5-3-2-4-6-12)10(16)15-8-7-13(14,9-15)11(17)18/h2-9,14H2,1H3,(H,17,18). The van der Waals surface area contributed by atoms with Crippen molar-refractivity contribution in [3.63, 3.8) is 0 Å². The minimum absolute atomic E-state index is 0.0933. The number of hydrogen-bond donors (Lipinski definition) is 2. The molecule has 0 bridgehead atoms. The first kappa shape index (κ1) is 13.3. The Morgan fingerprint density at radius 1 is 1.17 bits per heavy atom. The molecule has 0 aromatic heterocycles. The maximum atomic E-state index is 12.5. The molecule has 102 valence electrons. The van der Waals surface area contributed by atoms with E-state index in [1.165, 1.54) is 6.42 Å². The molecule has 0 aromatic rings. The van der Waals surface area contributed by atoms with Gasteiger partial charge in [0.25, 0.3) is 0 Å². The van der Waals surface area contributed by atoms with E-state index in [0.717, 1.165) is 25.7 Å². The van der Waals surface area contributed by atoms with Gasteiger partial charge in [0.2, 0.25) is 5.91 Å². The summed E-state index contributed by atoms with van der Waals surface area (Å²) in [5, 5.41) is 9.08. The maximum absolute atomic E-state index is 12.5. The Bertz CT molecular complexity index is 363. The third kappa shape index (κ3) is 2.23. The van der Waals surface area contributed by atoms with Crippen molar-refractivity contribution >= 4 is 11.9 Å². The SMILES string of the molecule is CC1(C(=O)N2CCC(N)(C(=O)O)C2)CCCCC1. The van der Waals surface area contributed by atoms with Gasteiger partial charge < -0.3 is 15.7 Å². The fraction of sp³-hybridized carbons (Fsp3) is 0.846. The van der Waals surface area contributed by atoms with Crippen molar-refractivity contribution in [1.29, 1.82) is 0 Å². The van der Waals surface area contributed by atoms with Crippen LogP contribution in [0.3, 0.4) is 0 Å². The summed E-state index contributed by atoms with van der Waals surface area (Å²) in [6, 6.07) is 0. The lowest BCUT2D eigenvalue weighted by molar-refractivity contribution is -0.145. The van der Waals surface area contributed by atoms with Gasteiger partial charge in [-0.15, -0.1) is 0 Å². The lowest BCUT2D eigenvalue weighted by Crippen LogP contribution is -2.52. The maximum Gasteiger partial charge on any atom is 0.325 e. The second-order valence-corrected chi connectivity index (χ2v) is 6.06. The molecule has 18 heavy (non-hydrogen) atoms. The molecule has 0 spiro atoms. The van der Waals surface area contributed by atoms with Gasteiger partial charge in [0.15, 0.2) is 0 Å². The Labute approximate surface area is 107 Å². The Morgan fingerprint density at radius 2 is 1.78 bits per heavy atom. The predicted molar refractivity (Wildman–Crippen MR) is 66.9 cm³/mol. The summed E-state index contributed by atoms with van der Waals surface area (Å²) in [5.41, 5.74) is 4.26. The zero-order valence-corrected chi connectivity index (χ0v) is 10.9. The highest BCUT2D eigenvalue weighted by molar-refractivity contribution is 5.86. The van der Waals surface area contributed by atoms with E-state index in [2.05, 4.69) is 0 Å². The molecular formula is C13H22N2O3. The van der Waals surface area contributed by atoms with Gasteiger partial charge in [-0.3, -0.25) is 9.59 Å². The van der Waals surface area contributed by atoms with E-state index in [9.17, 15) is 9.59 Å². The number of carboxylic acid groups (broad SMARTS) is 1. The minimum atomic E-state index is -1.25. The van der Waals surface area contributed by atoms with Gasteiger partial charge in [-0.05, 0) is 19.3 Å². The van der Waals surface area contributed by atoms with E-state index < -0.39 is 11.5 Å². The predicted octanol–water partition coefficient (Wildman–Crippen LogP) is 0.971. The van der Waals surface area contributed by atoms with Crippen LogP contribution in [0.5, 0.6) is 0 Å². The number of aliphatic carboxylic acids is 1. The number of carboxylic acids is 1. The average molecular weight is 254 g/mol.